The Morgan fingerprint density at radius 2 is 1.76 bits per heavy atom. The monoisotopic (exact) mass is 499 g/mol. The first-order chi connectivity index (χ1) is 16.1. The van der Waals surface area contributed by atoms with E-state index in [0.717, 1.165) is 16.5 Å². The lowest BCUT2D eigenvalue weighted by molar-refractivity contribution is 0.101. The molecular weight excluding hydrogens is 478 g/mol. The Morgan fingerprint density at radius 1 is 1.06 bits per heavy atom. The number of halogens is 1. The molecule has 2 aromatic carbocycles. The molecule has 2 N–H and O–H groups in total. The molecule has 0 aliphatic heterocycles. The van der Waals surface area contributed by atoms with Crippen LogP contribution in [0.2, 0.25) is 5.02 Å². The number of sulfonamides is 1. The van der Waals surface area contributed by atoms with Gasteiger partial charge in [-0.05, 0) is 55.8 Å². The molecule has 11 heteroatoms. The van der Waals surface area contributed by atoms with Crippen LogP contribution in [0.5, 0.6) is 5.88 Å². The summed E-state index contributed by atoms with van der Waals surface area (Å²) < 4.78 is 34.6. The summed E-state index contributed by atoms with van der Waals surface area (Å²) in [6, 6.07) is 12.9. The Labute approximate surface area is 201 Å². The maximum absolute atomic E-state index is 12.9. The van der Waals surface area contributed by atoms with Gasteiger partial charge in [0.2, 0.25) is 11.8 Å². The summed E-state index contributed by atoms with van der Waals surface area (Å²) in [6.45, 7) is 3.60. The number of ether oxygens (including phenoxy) is 1. The van der Waals surface area contributed by atoms with Crippen molar-refractivity contribution in [3.05, 3.63) is 70.5 Å². The van der Waals surface area contributed by atoms with Crippen LogP contribution < -0.4 is 14.8 Å². The van der Waals surface area contributed by atoms with Gasteiger partial charge in [-0.2, -0.15) is 4.98 Å². The number of hydrogen-bond acceptors (Lipinski definition) is 6. The van der Waals surface area contributed by atoms with Gasteiger partial charge in [-0.1, -0.05) is 17.7 Å². The third kappa shape index (κ3) is 4.55. The molecule has 176 valence electrons. The van der Waals surface area contributed by atoms with Crippen molar-refractivity contribution in [2.45, 2.75) is 18.7 Å². The SMILES string of the molecule is COc1cc(C)nc(NS(=O)(=O)c2ccc(NC(=O)c3cc4c(Cl)c(C)ccc4n3C)cc2)n1. The number of amides is 1. The molecule has 0 aliphatic rings. The van der Waals surface area contributed by atoms with Crippen LogP contribution in [0.4, 0.5) is 11.6 Å². The maximum atomic E-state index is 12.9. The highest BCUT2D eigenvalue weighted by Gasteiger charge is 2.19. The fourth-order valence-corrected chi connectivity index (χ4v) is 4.64. The number of nitrogens with zero attached hydrogens (tertiary/aromatic N) is 3. The third-order valence-electron chi connectivity index (χ3n) is 5.27. The number of benzene rings is 2. The molecule has 0 bridgehead atoms. The molecule has 0 radical (unpaired) electrons. The Kier molecular flexibility index (Phi) is 6.20. The van der Waals surface area contributed by atoms with Crippen LogP contribution in [-0.4, -0.2) is 36.0 Å². The Hall–Kier alpha value is -3.63. The first-order valence-corrected chi connectivity index (χ1v) is 12.0. The molecule has 0 saturated carbocycles. The Balaban J connectivity index is 1.53. The van der Waals surface area contributed by atoms with Gasteiger partial charge in [0, 0.05) is 35.4 Å². The van der Waals surface area contributed by atoms with Crippen molar-refractivity contribution < 1.29 is 17.9 Å². The highest BCUT2D eigenvalue weighted by Crippen LogP contribution is 2.29. The average molecular weight is 500 g/mol. The molecule has 1 amide bonds. The van der Waals surface area contributed by atoms with Crippen LogP contribution in [-0.2, 0) is 17.1 Å². The van der Waals surface area contributed by atoms with E-state index in [1.807, 2.05) is 19.1 Å². The van der Waals surface area contributed by atoms with Gasteiger partial charge in [-0.15, -0.1) is 0 Å². The van der Waals surface area contributed by atoms with E-state index in [1.165, 1.54) is 31.4 Å². The number of nitrogens with one attached hydrogen (secondary N) is 2. The summed E-state index contributed by atoms with van der Waals surface area (Å²) in [5, 5.41) is 4.18. The maximum Gasteiger partial charge on any atom is 0.272 e. The van der Waals surface area contributed by atoms with E-state index in [0.29, 0.717) is 22.1 Å². The molecule has 2 aromatic heterocycles. The van der Waals surface area contributed by atoms with Gasteiger partial charge >= 0.3 is 0 Å². The number of rotatable bonds is 6. The quantitative estimate of drug-likeness (QED) is 0.408. The zero-order chi connectivity index (χ0) is 24.6. The minimum Gasteiger partial charge on any atom is -0.481 e. The first kappa shape index (κ1) is 23.5. The van der Waals surface area contributed by atoms with Crippen LogP contribution in [0.3, 0.4) is 0 Å². The van der Waals surface area contributed by atoms with Crippen molar-refractivity contribution in [2.24, 2.45) is 7.05 Å². The van der Waals surface area contributed by atoms with Gasteiger partial charge < -0.3 is 14.6 Å². The second kappa shape index (κ2) is 8.96. The number of carbonyl (C=O) groups is 1. The summed E-state index contributed by atoms with van der Waals surface area (Å²) in [4.78, 5) is 20.9. The molecule has 4 rings (SSSR count). The highest BCUT2D eigenvalue weighted by molar-refractivity contribution is 7.92. The fourth-order valence-electron chi connectivity index (χ4n) is 3.48. The van der Waals surface area contributed by atoms with Crippen molar-refractivity contribution in [1.29, 1.82) is 0 Å². The minimum atomic E-state index is -3.95. The highest BCUT2D eigenvalue weighted by atomic mass is 35.5. The lowest BCUT2D eigenvalue weighted by Crippen LogP contribution is -2.17. The molecule has 2 heterocycles. The van der Waals surface area contributed by atoms with Crippen molar-refractivity contribution in [1.82, 2.24) is 14.5 Å². The van der Waals surface area contributed by atoms with Crippen LogP contribution in [0.15, 0.2) is 53.4 Å². The van der Waals surface area contributed by atoms with E-state index in [2.05, 4.69) is 20.0 Å². The van der Waals surface area contributed by atoms with E-state index >= 15 is 0 Å². The molecule has 0 aliphatic carbocycles. The fraction of sp³-hybridized carbons (Fsp3) is 0.174. The van der Waals surface area contributed by atoms with E-state index in [4.69, 9.17) is 16.3 Å². The zero-order valence-electron chi connectivity index (χ0n) is 18.9. The first-order valence-electron chi connectivity index (χ1n) is 10.2. The van der Waals surface area contributed by atoms with Crippen molar-refractivity contribution in [3.63, 3.8) is 0 Å². The van der Waals surface area contributed by atoms with Crippen molar-refractivity contribution in [3.8, 4) is 5.88 Å². The molecule has 0 fully saturated rings. The van der Waals surface area contributed by atoms with E-state index in [-0.39, 0.29) is 22.6 Å². The molecule has 0 spiro atoms. The molecule has 34 heavy (non-hydrogen) atoms. The van der Waals surface area contributed by atoms with Crippen molar-refractivity contribution in [2.75, 3.05) is 17.1 Å². The Morgan fingerprint density at radius 3 is 2.44 bits per heavy atom. The summed E-state index contributed by atoms with van der Waals surface area (Å²) in [6.07, 6.45) is 0. The predicted molar refractivity (Wildman–Crippen MR) is 131 cm³/mol. The normalized spacial score (nSPS) is 11.4. The lowest BCUT2D eigenvalue weighted by Gasteiger charge is -2.10. The molecule has 0 saturated heterocycles. The minimum absolute atomic E-state index is 0.0126. The third-order valence-corrected chi connectivity index (χ3v) is 7.12. The average Bonchev–Trinajstić information content (AvgIpc) is 3.13. The topological polar surface area (TPSA) is 115 Å². The molecule has 9 nitrogen and oxygen atoms in total. The van der Waals surface area contributed by atoms with Gasteiger partial charge in [0.05, 0.1) is 17.0 Å². The second-order valence-corrected chi connectivity index (χ2v) is 9.74. The molecule has 4 aromatic rings. The summed E-state index contributed by atoms with van der Waals surface area (Å²) >= 11 is 6.40. The van der Waals surface area contributed by atoms with Gasteiger partial charge in [0.15, 0.2) is 0 Å². The van der Waals surface area contributed by atoms with Gasteiger partial charge in [-0.25, -0.2) is 18.1 Å². The van der Waals surface area contributed by atoms with Crippen LogP contribution in [0.1, 0.15) is 21.7 Å². The molecule has 0 atom stereocenters. The molecular formula is C23H22ClN5O4S. The predicted octanol–water partition coefficient (Wildman–Crippen LogP) is 4.30. The van der Waals surface area contributed by atoms with Crippen LogP contribution >= 0.6 is 11.6 Å². The number of methoxy groups -OCH3 is 1. The Bertz CT molecular complexity index is 1510. The largest absolute Gasteiger partial charge is 0.481 e. The standard InChI is InChI=1S/C23H22ClN5O4S/c1-13-5-10-18-17(21(13)24)12-19(29(18)3)22(30)26-15-6-8-16(9-7-15)34(31,32)28-23-25-14(2)11-20(27-23)33-4/h5-12H,1-4H3,(H,26,30)(H,25,27,28). The number of aryl methyl sites for hydroxylation is 3. The number of aromatic nitrogens is 3. The van der Waals surface area contributed by atoms with Gasteiger partial charge in [0.25, 0.3) is 15.9 Å². The van der Waals surface area contributed by atoms with Gasteiger partial charge in [0.1, 0.15) is 5.69 Å². The smallest absolute Gasteiger partial charge is 0.272 e. The van der Waals surface area contributed by atoms with E-state index in [1.54, 1.807) is 30.7 Å². The van der Waals surface area contributed by atoms with Crippen LogP contribution in [0.25, 0.3) is 10.9 Å². The van der Waals surface area contributed by atoms with E-state index in [9.17, 15) is 13.2 Å². The van der Waals surface area contributed by atoms with Crippen LogP contribution in [0, 0.1) is 13.8 Å². The molecule has 0 unspecified atom stereocenters. The summed E-state index contributed by atoms with van der Waals surface area (Å²) in [5.74, 6) is -0.201. The summed E-state index contributed by atoms with van der Waals surface area (Å²) in [5.41, 5.74) is 3.17. The lowest BCUT2D eigenvalue weighted by atomic mass is 10.2. The summed E-state index contributed by atoms with van der Waals surface area (Å²) in [7, 11) is -0.732. The van der Waals surface area contributed by atoms with E-state index < -0.39 is 10.0 Å². The van der Waals surface area contributed by atoms with Gasteiger partial charge in [-0.3, -0.25) is 4.79 Å². The zero-order valence-corrected chi connectivity index (χ0v) is 20.5. The van der Waals surface area contributed by atoms with Crippen molar-refractivity contribution >= 4 is 50.1 Å². The second-order valence-electron chi connectivity index (χ2n) is 7.68. The number of fused-ring (bicyclic) bond motifs is 1. The number of hydrogen-bond donors (Lipinski definition) is 2. The number of carbonyl (C=O) groups excluding carboxylic acids is 1. The number of anilines is 2.